The molecule has 0 saturated carbocycles. The van der Waals surface area contributed by atoms with Gasteiger partial charge in [0.1, 0.15) is 0 Å². The zero-order valence-corrected chi connectivity index (χ0v) is 36.6. The van der Waals surface area contributed by atoms with Crippen molar-refractivity contribution in [3.63, 3.8) is 0 Å². The van der Waals surface area contributed by atoms with Crippen LogP contribution < -0.4 is 9.80 Å². The van der Waals surface area contributed by atoms with Crippen molar-refractivity contribution < 1.29 is 0 Å². The van der Waals surface area contributed by atoms with Crippen molar-refractivity contribution in [2.24, 2.45) is 0 Å². The van der Waals surface area contributed by atoms with Crippen LogP contribution in [0.25, 0.3) is 57.7 Å². The van der Waals surface area contributed by atoms with Crippen LogP contribution in [0.1, 0.15) is 22.3 Å². The van der Waals surface area contributed by atoms with Gasteiger partial charge in [0.15, 0.2) is 0 Å². The van der Waals surface area contributed by atoms with Crippen molar-refractivity contribution in [2.75, 3.05) is 9.80 Å². The smallest absolute Gasteiger partial charge is 0.0540 e. The number of para-hydroxylation sites is 6. The maximum atomic E-state index is 2.33. The third kappa shape index (κ3) is 9.17. The molecule has 10 aromatic carbocycles. The molecule has 0 aliphatic carbocycles. The summed E-state index contributed by atoms with van der Waals surface area (Å²) in [5.74, 6) is 0. The first-order chi connectivity index (χ1) is 32.8. The van der Waals surface area contributed by atoms with E-state index in [1.54, 1.807) is 0 Å². The number of anilines is 6. The molecule has 314 valence electrons. The van der Waals surface area contributed by atoms with E-state index >= 15 is 0 Å². The van der Waals surface area contributed by atoms with Gasteiger partial charge in [-0.3, -0.25) is 0 Å². The lowest BCUT2D eigenvalue weighted by Gasteiger charge is -2.27. The van der Waals surface area contributed by atoms with Crippen molar-refractivity contribution in [3.05, 3.63) is 289 Å². The number of nitrogens with zero attached hydrogens (tertiary/aromatic N) is 2. The molecule has 0 aromatic heterocycles. The fourth-order valence-corrected chi connectivity index (χ4v) is 8.69. The monoisotopic (exact) mass is 844 g/mol. The molecule has 0 heterocycles. The molecular formula is C64H48N2. The van der Waals surface area contributed by atoms with Crippen molar-refractivity contribution in [1.29, 1.82) is 0 Å². The van der Waals surface area contributed by atoms with Gasteiger partial charge in [-0.1, -0.05) is 231 Å². The van der Waals surface area contributed by atoms with E-state index in [-0.39, 0.29) is 0 Å². The molecule has 0 N–H and O–H groups in total. The van der Waals surface area contributed by atoms with E-state index in [0.717, 1.165) is 61.9 Å². The minimum atomic E-state index is 1.12. The molecule has 0 atom stereocenters. The van der Waals surface area contributed by atoms with Gasteiger partial charge >= 0.3 is 0 Å². The Morgan fingerprint density at radius 3 is 0.985 bits per heavy atom. The van der Waals surface area contributed by atoms with Crippen LogP contribution >= 0.6 is 0 Å². The normalized spacial score (nSPS) is 11.2. The highest BCUT2D eigenvalue weighted by Crippen LogP contribution is 2.42. The Kier molecular flexibility index (Phi) is 12.4. The lowest BCUT2D eigenvalue weighted by molar-refractivity contribution is 1.28. The molecule has 0 amide bonds. The Morgan fingerprint density at radius 1 is 0.227 bits per heavy atom. The average molecular weight is 845 g/mol. The van der Waals surface area contributed by atoms with Crippen LogP contribution in [0, 0.1) is 0 Å². The Morgan fingerprint density at radius 2 is 0.561 bits per heavy atom. The fraction of sp³-hybridized carbons (Fsp3) is 0. The minimum Gasteiger partial charge on any atom is -0.310 e. The molecule has 0 radical (unpaired) electrons. The summed E-state index contributed by atoms with van der Waals surface area (Å²) in [6, 6.07) is 94.7. The summed E-state index contributed by atoms with van der Waals surface area (Å²) in [4.78, 5) is 4.66. The Balaban J connectivity index is 0.945. The van der Waals surface area contributed by atoms with E-state index in [4.69, 9.17) is 0 Å². The van der Waals surface area contributed by atoms with Gasteiger partial charge in [0.05, 0.1) is 11.4 Å². The number of rotatable bonds is 13. The van der Waals surface area contributed by atoms with Crippen LogP contribution in [0.3, 0.4) is 0 Å². The molecule has 66 heavy (non-hydrogen) atoms. The summed E-state index contributed by atoms with van der Waals surface area (Å²) < 4.78 is 0. The molecule has 0 aliphatic heterocycles. The second-order valence-electron chi connectivity index (χ2n) is 16.1. The molecule has 0 spiro atoms. The third-order valence-corrected chi connectivity index (χ3v) is 11.9. The van der Waals surface area contributed by atoms with Crippen molar-refractivity contribution in [1.82, 2.24) is 0 Å². The summed E-state index contributed by atoms with van der Waals surface area (Å²) in [6.45, 7) is 0. The molecule has 0 unspecified atom stereocenters. The highest BCUT2D eigenvalue weighted by Gasteiger charge is 2.18. The molecule has 0 aliphatic rings. The van der Waals surface area contributed by atoms with Gasteiger partial charge in [-0.25, -0.2) is 0 Å². The van der Waals surface area contributed by atoms with Crippen LogP contribution in [0.15, 0.2) is 267 Å². The van der Waals surface area contributed by atoms with Crippen molar-refractivity contribution >= 4 is 58.4 Å². The highest BCUT2D eigenvalue weighted by atomic mass is 15.1. The van der Waals surface area contributed by atoms with E-state index in [0.29, 0.717) is 0 Å². The summed E-state index contributed by atoms with van der Waals surface area (Å²) in [6.07, 6.45) is 8.96. The second kappa shape index (κ2) is 19.8. The standard InChI is InChI=1S/C64H48N2/c1-6-21-51(22-7-1)59-34-20-23-52(43-37-49-38-44-53(45-39-49)61-32-16-18-35-63(61)65(55-24-8-2-9-25-55)56-26-10-3-11-27-56)60(59)48-42-50-40-46-54(47-41-50)62-33-17-19-36-64(62)66(57-28-12-4-13-29-57)58-30-14-5-15-31-58/h1-48H. The van der Waals surface area contributed by atoms with Crippen molar-refractivity contribution in [3.8, 4) is 33.4 Å². The topological polar surface area (TPSA) is 6.48 Å². The Labute approximate surface area is 389 Å². The predicted molar refractivity (Wildman–Crippen MR) is 283 cm³/mol. The maximum Gasteiger partial charge on any atom is 0.0540 e. The molecule has 10 aromatic rings. The maximum absolute atomic E-state index is 2.33. The lowest BCUT2D eigenvalue weighted by atomic mass is 9.93. The van der Waals surface area contributed by atoms with Gasteiger partial charge in [0.25, 0.3) is 0 Å². The van der Waals surface area contributed by atoms with Crippen LogP contribution in [0.2, 0.25) is 0 Å². The van der Waals surface area contributed by atoms with Gasteiger partial charge in [0, 0.05) is 33.9 Å². The molecule has 2 nitrogen and oxygen atoms in total. The van der Waals surface area contributed by atoms with E-state index in [1.165, 1.54) is 27.8 Å². The molecule has 0 bridgehead atoms. The average Bonchev–Trinajstić information content (AvgIpc) is 3.40. The molecular weight excluding hydrogens is 797 g/mol. The van der Waals surface area contributed by atoms with Gasteiger partial charge in [-0.2, -0.15) is 0 Å². The van der Waals surface area contributed by atoms with Crippen LogP contribution in [0.5, 0.6) is 0 Å². The van der Waals surface area contributed by atoms with Crippen LogP contribution in [-0.2, 0) is 0 Å². The van der Waals surface area contributed by atoms with Gasteiger partial charge < -0.3 is 9.80 Å². The van der Waals surface area contributed by atoms with Crippen molar-refractivity contribution in [2.45, 2.75) is 0 Å². The third-order valence-electron chi connectivity index (χ3n) is 11.9. The SMILES string of the molecule is C(=Cc1cccc(-c2ccccc2)c1C=Cc1ccc(-c2ccccc2N(c2ccccc2)c2ccccc2)cc1)c1ccc(-c2ccccc2N(c2ccccc2)c2ccccc2)cc1. The van der Waals surface area contributed by atoms with E-state index < -0.39 is 0 Å². The zero-order valence-electron chi connectivity index (χ0n) is 36.6. The number of hydrogen-bond acceptors (Lipinski definition) is 2. The Hall–Kier alpha value is -8.72. The fourth-order valence-electron chi connectivity index (χ4n) is 8.69. The number of benzene rings is 10. The molecule has 0 fully saturated rings. The lowest BCUT2D eigenvalue weighted by Crippen LogP contribution is -2.10. The minimum absolute atomic E-state index is 1.12. The van der Waals surface area contributed by atoms with Gasteiger partial charge in [0.2, 0.25) is 0 Å². The summed E-state index contributed by atoms with van der Waals surface area (Å²) in [7, 11) is 0. The van der Waals surface area contributed by atoms with E-state index in [2.05, 4.69) is 301 Å². The number of hydrogen-bond donors (Lipinski definition) is 0. The Bertz CT molecular complexity index is 3120. The van der Waals surface area contributed by atoms with Gasteiger partial charge in [-0.15, -0.1) is 0 Å². The quantitative estimate of drug-likeness (QED) is 0.107. The zero-order chi connectivity index (χ0) is 44.3. The van der Waals surface area contributed by atoms with E-state index in [1.807, 2.05) is 0 Å². The predicted octanol–water partition coefficient (Wildman–Crippen LogP) is 18.0. The van der Waals surface area contributed by atoms with Crippen LogP contribution in [-0.4, -0.2) is 0 Å². The largest absolute Gasteiger partial charge is 0.310 e. The first-order valence-corrected chi connectivity index (χ1v) is 22.5. The van der Waals surface area contributed by atoms with E-state index in [9.17, 15) is 0 Å². The molecule has 0 saturated heterocycles. The molecule has 2 heteroatoms. The van der Waals surface area contributed by atoms with Crippen LogP contribution in [0.4, 0.5) is 34.1 Å². The summed E-state index contributed by atoms with van der Waals surface area (Å²) >= 11 is 0. The summed E-state index contributed by atoms with van der Waals surface area (Å²) in [5.41, 5.74) is 18.3. The highest BCUT2D eigenvalue weighted by molar-refractivity contribution is 5.91. The molecule has 10 rings (SSSR count). The first-order valence-electron chi connectivity index (χ1n) is 22.5. The summed E-state index contributed by atoms with van der Waals surface area (Å²) in [5, 5.41) is 0. The second-order valence-corrected chi connectivity index (χ2v) is 16.1. The first kappa shape index (κ1) is 41.3. The van der Waals surface area contributed by atoms with Gasteiger partial charge in [-0.05, 0) is 105 Å².